The first-order valence-electron chi connectivity index (χ1n) is 7.43. The zero-order chi connectivity index (χ0) is 15.0. The molecule has 2 saturated heterocycles. The summed E-state index contributed by atoms with van der Waals surface area (Å²) in [5.74, 6) is 0.124. The molecule has 5 heteroatoms. The summed E-state index contributed by atoms with van der Waals surface area (Å²) in [6, 6.07) is 7.92. The summed E-state index contributed by atoms with van der Waals surface area (Å²) in [4.78, 5) is 25.6. The molecule has 3 unspecified atom stereocenters. The molecular weight excluding hydrogens is 266 g/mol. The van der Waals surface area contributed by atoms with E-state index >= 15 is 0 Å². The predicted molar refractivity (Wildman–Crippen MR) is 81.1 cm³/mol. The summed E-state index contributed by atoms with van der Waals surface area (Å²) in [5, 5.41) is 6.43. The highest BCUT2D eigenvalue weighted by Crippen LogP contribution is 2.33. The minimum Gasteiger partial charge on any atom is -0.345 e. The maximum Gasteiger partial charge on any atom is 0.253 e. The molecule has 21 heavy (non-hydrogen) atoms. The van der Waals surface area contributed by atoms with Gasteiger partial charge in [-0.25, -0.2) is 0 Å². The highest BCUT2D eigenvalue weighted by Gasteiger charge is 2.42. The van der Waals surface area contributed by atoms with Crippen molar-refractivity contribution in [3.05, 3.63) is 29.8 Å². The quantitative estimate of drug-likeness (QED) is 0.885. The smallest absolute Gasteiger partial charge is 0.253 e. The Morgan fingerprint density at radius 2 is 1.90 bits per heavy atom. The Kier molecular flexibility index (Phi) is 3.68. The first-order valence-corrected chi connectivity index (χ1v) is 7.43. The van der Waals surface area contributed by atoms with Gasteiger partial charge in [-0.15, -0.1) is 0 Å². The summed E-state index contributed by atoms with van der Waals surface area (Å²) in [5.41, 5.74) is 1.37. The average molecular weight is 287 g/mol. The first-order chi connectivity index (χ1) is 10.0. The number of fused-ring (bicyclic) bond motifs is 2. The second-order valence-corrected chi connectivity index (χ2v) is 6.16. The lowest BCUT2D eigenvalue weighted by atomic mass is 9.88. The number of amides is 2. The Labute approximate surface area is 124 Å². The van der Waals surface area contributed by atoms with Crippen molar-refractivity contribution in [3.8, 4) is 0 Å². The normalized spacial score (nSPS) is 26.7. The molecule has 2 N–H and O–H groups in total. The van der Waals surface area contributed by atoms with Crippen LogP contribution in [0, 0.1) is 5.92 Å². The van der Waals surface area contributed by atoms with Gasteiger partial charge in [0.2, 0.25) is 5.91 Å². The van der Waals surface area contributed by atoms with Crippen LogP contribution in [0.4, 0.5) is 5.69 Å². The number of hydrogen-bond donors (Lipinski definition) is 2. The fraction of sp³-hybridized carbons (Fsp3) is 0.500. The van der Waals surface area contributed by atoms with Gasteiger partial charge in [0.15, 0.2) is 0 Å². The average Bonchev–Trinajstić information content (AvgIpc) is 3.10. The number of nitrogens with zero attached hydrogens (tertiary/aromatic N) is 1. The molecule has 2 amide bonds. The molecule has 3 rings (SSSR count). The van der Waals surface area contributed by atoms with Crippen LogP contribution in [0.15, 0.2) is 24.3 Å². The molecule has 1 aromatic rings. The SMILES string of the molecule is CN(C)C(=O)c1ccc(NC(=O)C2CC3CCC2N3)cc1. The lowest BCUT2D eigenvalue weighted by Gasteiger charge is -2.19. The van der Waals surface area contributed by atoms with Gasteiger partial charge in [0, 0.05) is 37.4 Å². The molecule has 0 spiro atoms. The van der Waals surface area contributed by atoms with E-state index in [1.807, 2.05) is 0 Å². The van der Waals surface area contributed by atoms with Crippen molar-refractivity contribution in [3.63, 3.8) is 0 Å². The number of benzene rings is 1. The second-order valence-electron chi connectivity index (χ2n) is 6.16. The Bertz CT molecular complexity index is 553. The molecule has 2 bridgehead atoms. The van der Waals surface area contributed by atoms with Crippen molar-refractivity contribution in [1.29, 1.82) is 0 Å². The molecule has 0 aromatic heterocycles. The zero-order valence-electron chi connectivity index (χ0n) is 12.4. The highest BCUT2D eigenvalue weighted by atomic mass is 16.2. The van der Waals surface area contributed by atoms with Crippen LogP contribution in [-0.2, 0) is 4.79 Å². The van der Waals surface area contributed by atoms with E-state index in [0.717, 1.165) is 18.5 Å². The Hall–Kier alpha value is -1.88. The van der Waals surface area contributed by atoms with Crippen LogP contribution in [0.1, 0.15) is 29.6 Å². The van der Waals surface area contributed by atoms with Crippen molar-refractivity contribution in [2.75, 3.05) is 19.4 Å². The molecule has 1 aromatic carbocycles. The molecule has 0 radical (unpaired) electrons. The molecule has 2 heterocycles. The molecule has 5 nitrogen and oxygen atoms in total. The number of hydrogen-bond acceptors (Lipinski definition) is 3. The van der Waals surface area contributed by atoms with Gasteiger partial charge in [-0.05, 0) is 43.5 Å². The number of nitrogens with one attached hydrogen (secondary N) is 2. The summed E-state index contributed by atoms with van der Waals surface area (Å²) in [7, 11) is 3.44. The van der Waals surface area contributed by atoms with Gasteiger partial charge < -0.3 is 15.5 Å². The van der Waals surface area contributed by atoms with E-state index in [4.69, 9.17) is 0 Å². The zero-order valence-corrected chi connectivity index (χ0v) is 12.4. The van der Waals surface area contributed by atoms with Gasteiger partial charge in [0.05, 0.1) is 5.92 Å². The molecule has 2 fully saturated rings. The lowest BCUT2D eigenvalue weighted by molar-refractivity contribution is -0.120. The fourth-order valence-corrected chi connectivity index (χ4v) is 3.30. The van der Waals surface area contributed by atoms with E-state index in [9.17, 15) is 9.59 Å². The van der Waals surface area contributed by atoms with Crippen LogP contribution in [0.2, 0.25) is 0 Å². The predicted octanol–water partition coefficient (Wildman–Crippen LogP) is 1.47. The molecule has 3 atom stereocenters. The Balaban J connectivity index is 1.63. The minimum atomic E-state index is -0.0369. The lowest BCUT2D eigenvalue weighted by Crippen LogP contribution is -2.32. The molecule has 2 aliphatic heterocycles. The van der Waals surface area contributed by atoms with Crippen molar-refractivity contribution < 1.29 is 9.59 Å². The minimum absolute atomic E-state index is 0.0369. The number of rotatable bonds is 3. The Morgan fingerprint density at radius 1 is 1.19 bits per heavy atom. The van der Waals surface area contributed by atoms with Crippen LogP contribution in [-0.4, -0.2) is 42.9 Å². The van der Waals surface area contributed by atoms with E-state index in [-0.39, 0.29) is 17.7 Å². The van der Waals surface area contributed by atoms with Crippen molar-refractivity contribution in [1.82, 2.24) is 10.2 Å². The maximum atomic E-state index is 12.3. The first kappa shape index (κ1) is 14.1. The van der Waals surface area contributed by atoms with Gasteiger partial charge in [-0.2, -0.15) is 0 Å². The largest absolute Gasteiger partial charge is 0.345 e. The number of carbonyl (C=O) groups excluding carboxylic acids is 2. The van der Waals surface area contributed by atoms with E-state index in [1.54, 1.807) is 38.4 Å². The van der Waals surface area contributed by atoms with Crippen LogP contribution in [0.3, 0.4) is 0 Å². The summed E-state index contributed by atoms with van der Waals surface area (Å²) in [6.07, 6.45) is 3.22. The van der Waals surface area contributed by atoms with Gasteiger partial charge >= 0.3 is 0 Å². The van der Waals surface area contributed by atoms with E-state index < -0.39 is 0 Å². The summed E-state index contributed by atoms with van der Waals surface area (Å²) < 4.78 is 0. The highest BCUT2D eigenvalue weighted by molar-refractivity contribution is 5.96. The van der Waals surface area contributed by atoms with Crippen LogP contribution in [0.25, 0.3) is 0 Å². The Morgan fingerprint density at radius 3 is 2.43 bits per heavy atom. The number of carbonyl (C=O) groups is 2. The molecule has 0 aliphatic carbocycles. The third kappa shape index (κ3) is 2.78. The van der Waals surface area contributed by atoms with E-state index in [2.05, 4.69) is 10.6 Å². The molecule has 2 aliphatic rings. The van der Waals surface area contributed by atoms with Gasteiger partial charge in [-0.1, -0.05) is 0 Å². The van der Waals surface area contributed by atoms with Crippen molar-refractivity contribution >= 4 is 17.5 Å². The van der Waals surface area contributed by atoms with E-state index in [1.165, 1.54) is 11.3 Å². The van der Waals surface area contributed by atoms with Crippen LogP contribution >= 0.6 is 0 Å². The van der Waals surface area contributed by atoms with Gasteiger partial charge in [-0.3, -0.25) is 9.59 Å². The number of anilines is 1. The van der Waals surface area contributed by atoms with Crippen LogP contribution in [0.5, 0.6) is 0 Å². The third-order valence-electron chi connectivity index (χ3n) is 4.44. The van der Waals surface area contributed by atoms with E-state index in [0.29, 0.717) is 17.6 Å². The molecule has 112 valence electrons. The monoisotopic (exact) mass is 287 g/mol. The molecular formula is C16H21N3O2. The standard InChI is InChI=1S/C16H21N3O2/c1-19(2)16(21)10-3-5-11(6-4-10)18-15(20)13-9-12-7-8-14(13)17-12/h3-6,12-14,17H,7-9H2,1-2H3,(H,18,20). The summed E-state index contributed by atoms with van der Waals surface area (Å²) >= 11 is 0. The van der Waals surface area contributed by atoms with Crippen LogP contribution < -0.4 is 10.6 Å². The van der Waals surface area contributed by atoms with Gasteiger partial charge in [0.1, 0.15) is 0 Å². The molecule has 0 saturated carbocycles. The second kappa shape index (κ2) is 5.48. The third-order valence-corrected chi connectivity index (χ3v) is 4.44. The van der Waals surface area contributed by atoms with Crippen molar-refractivity contribution in [2.24, 2.45) is 5.92 Å². The topological polar surface area (TPSA) is 61.4 Å². The fourth-order valence-electron chi connectivity index (χ4n) is 3.30. The van der Waals surface area contributed by atoms with Crippen molar-refractivity contribution in [2.45, 2.75) is 31.3 Å². The van der Waals surface area contributed by atoms with Gasteiger partial charge in [0.25, 0.3) is 5.91 Å². The maximum absolute atomic E-state index is 12.3. The summed E-state index contributed by atoms with van der Waals surface area (Å²) in [6.45, 7) is 0.